The van der Waals surface area contributed by atoms with Gasteiger partial charge in [-0.15, -0.1) is 0 Å². The van der Waals surface area contributed by atoms with E-state index in [4.69, 9.17) is 9.47 Å². The summed E-state index contributed by atoms with van der Waals surface area (Å²) < 4.78 is 10.9. The molecule has 4 rings (SSSR count). The number of hydrogen-bond acceptors (Lipinski definition) is 4. The molecule has 170 valence electrons. The Morgan fingerprint density at radius 2 is 1.78 bits per heavy atom. The average Bonchev–Trinajstić information content (AvgIpc) is 3.08. The van der Waals surface area contributed by atoms with Crippen molar-refractivity contribution in [1.82, 2.24) is 9.80 Å². The molecule has 2 saturated heterocycles. The number of carbonyl (C=O) groups excluding carboxylic acids is 2. The van der Waals surface area contributed by atoms with Crippen LogP contribution < -0.4 is 9.47 Å². The van der Waals surface area contributed by atoms with Gasteiger partial charge in [-0.2, -0.15) is 0 Å². The maximum Gasteiger partial charge on any atom is 0.253 e. The number of hydrogen-bond donors (Lipinski definition) is 0. The monoisotopic (exact) mass is 436 g/mol. The van der Waals surface area contributed by atoms with Gasteiger partial charge in [-0.25, -0.2) is 0 Å². The smallest absolute Gasteiger partial charge is 0.253 e. The van der Waals surface area contributed by atoms with Crippen LogP contribution in [0.25, 0.3) is 0 Å². The molecule has 6 heteroatoms. The zero-order valence-corrected chi connectivity index (χ0v) is 19.2. The summed E-state index contributed by atoms with van der Waals surface area (Å²) in [6.07, 6.45) is 2.34. The molecule has 2 aromatic carbocycles. The summed E-state index contributed by atoms with van der Waals surface area (Å²) in [6, 6.07) is 15.3. The zero-order chi connectivity index (χ0) is 22.7. The summed E-state index contributed by atoms with van der Waals surface area (Å²) >= 11 is 0. The third-order valence-electron chi connectivity index (χ3n) is 6.50. The lowest BCUT2D eigenvalue weighted by Crippen LogP contribution is -2.44. The second-order valence-electron chi connectivity index (χ2n) is 9.26. The molecule has 2 heterocycles. The van der Waals surface area contributed by atoms with Crippen molar-refractivity contribution >= 4 is 11.8 Å². The van der Waals surface area contributed by atoms with Crippen molar-refractivity contribution < 1.29 is 19.1 Å². The number of piperidine rings is 1. The zero-order valence-electron chi connectivity index (χ0n) is 19.2. The third-order valence-corrected chi connectivity index (χ3v) is 6.50. The van der Waals surface area contributed by atoms with Crippen LogP contribution in [0.5, 0.6) is 11.5 Å². The van der Waals surface area contributed by atoms with Gasteiger partial charge >= 0.3 is 0 Å². The normalized spacial score (nSPS) is 17.8. The molecular formula is C26H32N2O4. The molecule has 0 radical (unpaired) electrons. The number of amides is 2. The number of carbonyl (C=O) groups is 2. The molecule has 2 fully saturated rings. The van der Waals surface area contributed by atoms with Gasteiger partial charge in [0, 0.05) is 43.6 Å². The molecule has 1 spiro atoms. The van der Waals surface area contributed by atoms with Gasteiger partial charge < -0.3 is 19.3 Å². The Kier molecular flexibility index (Phi) is 6.40. The molecular weight excluding hydrogens is 404 g/mol. The number of rotatable bonds is 6. The first-order valence-electron chi connectivity index (χ1n) is 11.3. The third kappa shape index (κ3) is 4.90. The first kappa shape index (κ1) is 22.2. The highest BCUT2D eigenvalue weighted by molar-refractivity contribution is 5.94. The SMILES string of the molecule is COc1ccc(CN2CC3(CCN(C(=O)c4cccc(OC(C)C)c4)CC3)CC2=O)cc1. The molecule has 6 nitrogen and oxygen atoms in total. The maximum atomic E-state index is 13.0. The molecule has 0 aliphatic carbocycles. The van der Waals surface area contributed by atoms with Crippen molar-refractivity contribution in [3.05, 3.63) is 59.7 Å². The van der Waals surface area contributed by atoms with Gasteiger partial charge in [-0.05, 0) is 62.6 Å². The number of methoxy groups -OCH3 is 1. The largest absolute Gasteiger partial charge is 0.497 e. The Labute approximate surface area is 190 Å². The van der Waals surface area contributed by atoms with Gasteiger partial charge in [0.1, 0.15) is 11.5 Å². The summed E-state index contributed by atoms with van der Waals surface area (Å²) in [5.74, 6) is 1.78. The molecule has 0 unspecified atom stereocenters. The van der Waals surface area contributed by atoms with Gasteiger partial charge in [0.2, 0.25) is 5.91 Å². The van der Waals surface area contributed by atoms with Crippen molar-refractivity contribution in [3.8, 4) is 11.5 Å². The van der Waals surface area contributed by atoms with Gasteiger partial charge in [-0.1, -0.05) is 18.2 Å². The van der Waals surface area contributed by atoms with E-state index < -0.39 is 0 Å². The van der Waals surface area contributed by atoms with Crippen LogP contribution in [0, 0.1) is 5.41 Å². The molecule has 0 atom stereocenters. The van der Waals surface area contributed by atoms with Crippen LogP contribution in [0.2, 0.25) is 0 Å². The van der Waals surface area contributed by atoms with Crippen LogP contribution in [-0.4, -0.2) is 54.5 Å². The minimum atomic E-state index is -0.0249. The van der Waals surface area contributed by atoms with E-state index in [-0.39, 0.29) is 23.3 Å². The Bertz CT molecular complexity index is 962. The van der Waals surface area contributed by atoms with Crippen LogP contribution in [0.3, 0.4) is 0 Å². The van der Waals surface area contributed by atoms with E-state index in [0.717, 1.165) is 36.4 Å². The number of benzene rings is 2. The fourth-order valence-corrected chi connectivity index (χ4v) is 4.75. The lowest BCUT2D eigenvalue weighted by atomic mass is 9.77. The second kappa shape index (κ2) is 9.23. The van der Waals surface area contributed by atoms with Crippen LogP contribution in [0.1, 0.15) is 49.0 Å². The first-order valence-corrected chi connectivity index (χ1v) is 11.3. The maximum absolute atomic E-state index is 13.0. The lowest BCUT2D eigenvalue weighted by Gasteiger charge is -2.39. The van der Waals surface area contributed by atoms with E-state index >= 15 is 0 Å². The van der Waals surface area contributed by atoms with Gasteiger partial charge in [0.15, 0.2) is 0 Å². The van der Waals surface area contributed by atoms with E-state index in [1.54, 1.807) is 7.11 Å². The Morgan fingerprint density at radius 1 is 1.06 bits per heavy atom. The van der Waals surface area contributed by atoms with E-state index in [0.29, 0.717) is 31.6 Å². The minimum Gasteiger partial charge on any atom is -0.497 e. The Hall–Kier alpha value is -3.02. The average molecular weight is 437 g/mol. The minimum absolute atomic E-state index is 0.0249. The van der Waals surface area contributed by atoms with E-state index in [1.807, 2.05) is 72.2 Å². The van der Waals surface area contributed by atoms with E-state index in [1.165, 1.54) is 0 Å². The molecule has 0 aromatic heterocycles. The lowest BCUT2D eigenvalue weighted by molar-refractivity contribution is -0.128. The molecule has 2 aliphatic rings. The number of ether oxygens (including phenoxy) is 2. The standard InChI is InChI=1S/C26H32N2O4/c1-19(2)32-23-6-4-5-21(15-23)25(30)27-13-11-26(12-14-27)16-24(29)28(18-26)17-20-7-9-22(31-3)10-8-20/h4-10,15,19H,11-14,16-18H2,1-3H3. The molecule has 2 aliphatic heterocycles. The van der Waals surface area contributed by atoms with Crippen molar-refractivity contribution in [3.63, 3.8) is 0 Å². The fourth-order valence-electron chi connectivity index (χ4n) is 4.75. The van der Waals surface area contributed by atoms with Gasteiger partial charge in [-0.3, -0.25) is 9.59 Å². The van der Waals surface area contributed by atoms with Crippen LogP contribution >= 0.6 is 0 Å². The van der Waals surface area contributed by atoms with Crippen molar-refractivity contribution in [2.45, 2.75) is 45.8 Å². The van der Waals surface area contributed by atoms with Crippen LogP contribution in [-0.2, 0) is 11.3 Å². The highest BCUT2D eigenvalue weighted by atomic mass is 16.5. The fraction of sp³-hybridized carbons (Fsp3) is 0.462. The quantitative estimate of drug-likeness (QED) is 0.683. The van der Waals surface area contributed by atoms with Crippen molar-refractivity contribution in [2.75, 3.05) is 26.7 Å². The molecule has 2 amide bonds. The Balaban J connectivity index is 1.35. The summed E-state index contributed by atoms with van der Waals surface area (Å²) in [5.41, 5.74) is 1.73. The van der Waals surface area contributed by atoms with Crippen LogP contribution in [0.15, 0.2) is 48.5 Å². The van der Waals surface area contributed by atoms with Crippen molar-refractivity contribution in [1.29, 1.82) is 0 Å². The predicted molar refractivity (Wildman–Crippen MR) is 123 cm³/mol. The van der Waals surface area contributed by atoms with Crippen molar-refractivity contribution in [2.24, 2.45) is 5.41 Å². The Morgan fingerprint density at radius 3 is 2.44 bits per heavy atom. The highest BCUT2D eigenvalue weighted by Crippen LogP contribution is 2.41. The molecule has 2 aromatic rings. The first-order chi connectivity index (χ1) is 15.4. The topological polar surface area (TPSA) is 59.1 Å². The summed E-state index contributed by atoms with van der Waals surface area (Å²) in [7, 11) is 1.65. The van der Waals surface area contributed by atoms with E-state index in [9.17, 15) is 9.59 Å². The summed E-state index contributed by atoms with van der Waals surface area (Å²) in [5, 5.41) is 0. The number of nitrogens with zero attached hydrogens (tertiary/aromatic N) is 2. The predicted octanol–water partition coefficient (Wildman–Crippen LogP) is 4.14. The van der Waals surface area contributed by atoms with Gasteiger partial charge in [0.05, 0.1) is 13.2 Å². The molecule has 0 saturated carbocycles. The summed E-state index contributed by atoms with van der Waals surface area (Å²) in [6.45, 7) is 6.68. The van der Waals surface area contributed by atoms with Gasteiger partial charge in [0.25, 0.3) is 5.91 Å². The molecule has 32 heavy (non-hydrogen) atoms. The number of likely N-dealkylation sites (tertiary alicyclic amines) is 2. The van der Waals surface area contributed by atoms with Crippen LogP contribution in [0.4, 0.5) is 0 Å². The molecule has 0 N–H and O–H groups in total. The summed E-state index contributed by atoms with van der Waals surface area (Å²) in [4.78, 5) is 29.7. The van der Waals surface area contributed by atoms with E-state index in [2.05, 4.69) is 0 Å². The highest BCUT2D eigenvalue weighted by Gasteiger charge is 2.45. The second-order valence-corrected chi connectivity index (χ2v) is 9.26. The molecule has 0 bridgehead atoms.